The van der Waals surface area contributed by atoms with Crippen LogP contribution in [0.1, 0.15) is 37.4 Å². The van der Waals surface area contributed by atoms with Gasteiger partial charge in [-0.05, 0) is 68.3 Å². The minimum absolute atomic E-state index is 0.496. The first-order valence-corrected chi connectivity index (χ1v) is 11.0. The molecule has 0 saturated carbocycles. The van der Waals surface area contributed by atoms with Crippen LogP contribution in [0.15, 0.2) is 61.1 Å². The van der Waals surface area contributed by atoms with E-state index in [-0.39, 0.29) is 0 Å². The van der Waals surface area contributed by atoms with Crippen molar-refractivity contribution < 1.29 is 0 Å². The smallest absolute Gasteiger partial charge is 0.126 e. The van der Waals surface area contributed by atoms with Crippen LogP contribution in [0.4, 0.5) is 5.82 Å². The van der Waals surface area contributed by atoms with E-state index < -0.39 is 0 Å². The molecule has 2 N–H and O–H groups in total. The number of rotatable bonds is 6. The van der Waals surface area contributed by atoms with Gasteiger partial charge in [0.15, 0.2) is 0 Å². The molecule has 3 aromatic heterocycles. The number of likely N-dealkylation sites (tertiary alicyclic amines) is 1. The van der Waals surface area contributed by atoms with E-state index in [2.05, 4.69) is 80.6 Å². The van der Waals surface area contributed by atoms with Crippen LogP contribution in [0.3, 0.4) is 0 Å². The van der Waals surface area contributed by atoms with Crippen molar-refractivity contribution in [3.8, 4) is 11.1 Å². The van der Waals surface area contributed by atoms with E-state index in [1.807, 2.05) is 24.7 Å². The zero-order valence-electron chi connectivity index (χ0n) is 18.0. The van der Waals surface area contributed by atoms with Crippen molar-refractivity contribution >= 4 is 16.7 Å². The van der Waals surface area contributed by atoms with Crippen molar-refractivity contribution in [2.24, 2.45) is 0 Å². The van der Waals surface area contributed by atoms with Gasteiger partial charge in [-0.2, -0.15) is 5.10 Å². The molecular weight excluding hydrogens is 384 g/mol. The Morgan fingerprint density at radius 1 is 1.13 bits per heavy atom. The molecule has 0 aliphatic carbocycles. The molecule has 5 rings (SSSR count). The third kappa shape index (κ3) is 4.16. The van der Waals surface area contributed by atoms with Gasteiger partial charge in [-0.25, -0.2) is 4.98 Å². The lowest BCUT2D eigenvalue weighted by molar-refractivity contribution is 0.272. The number of hydrogen-bond acceptors (Lipinski definition) is 5. The maximum Gasteiger partial charge on any atom is 0.126 e. The molecule has 6 heteroatoms. The number of nitrogens with zero attached hydrogens (tertiary/aromatic N) is 4. The number of H-pyrrole nitrogens is 1. The van der Waals surface area contributed by atoms with Crippen molar-refractivity contribution in [2.75, 3.05) is 18.4 Å². The average molecular weight is 413 g/mol. The fourth-order valence-corrected chi connectivity index (χ4v) is 4.45. The Morgan fingerprint density at radius 3 is 2.94 bits per heavy atom. The van der Waals surface area contributed by atoms with Gasteiger partial charge in [-0.15, -0.1) is 0 Å². The minimum Gasteiger partial charge on any atom is -0.366 e. The summed E-state index contributed by atoms with van der Waals surface area (Å²) in [6, 6.07) is 15.2. The minimum atomic E-state index is 0.496. The van der Waals surface area contributed by atoms with Crippen molar-refractivity contribution in [1.29, 1.82) is 0 Å². The van der Waals surface area contributed by atoms with E-state index >= 15 is 0 Å². The standard InChI is InChI=1S/C25H28N6/c1-17(2)31-11-8-21(16-31)25-22(15-29-30-25)19-7-10-27-24(13-19)28-14-18-5-6-23-20(12-18)4-3-9-26-23/h3-7,9-10,12-13,15,17,21H,8,11,14,16H2,1-2H3,(H,27,28)(H,29,30). The maximum atomic E-state index is 4.53. The first-order valence-electron chi connectivity index (χ1n) is 11.0. The van der Waals surface area contributed by atoms with Gasteiger partial charge in [0, 0.05) is 54.1 Å². The summed E-state index contributed by atoms with van der Waals surface area (Å²) < 4.78 is 0. The van der Waals surface area contributed by atoms with Crippen LogP contribution in [0.2, 0.25) is 0 Å². The molecule has 4 aromatic rings. The summed E-state index contributed by atoms with van der Waals surface area (Å²) in [7, 11) is 0. The summed E-state index contributed by atoms with van der Waals surface area (Å²) in [6.45, 7) is 7.48. The Morgan fingerprint density at radius 2 is 2.06 bits per heavy atom. The predicted molar refractivity (Wildman–Crippen MR) is 125 cm³/mol. The molecule has 1 atom stereocenters. The maximum absolute atomic E-state index is 4.53. The SMILES string of the molecule is CC(C)N1CCC(c2[nH]ncc2-c2ccnc(NCc3ccc4ncccc4c3)c2)C1. The fourth-order valence-electron chi connectivity index (χ4n) is 4.45. The number of pyridine rings is 2. The molecule has 1 aromatic carbocycles. The third-order valence-electron chi connectivity index (χ3n) is 6.24. The molecule has 1 unspecified atom stereocenters. The lowest BCUT2D eigenvalue weighted by atomic mass is 9.97. The van der Waals surface area contributed by atoms with E-state index in [0.29, 0.717) is 18.5 Å². The first kappa shape index (κ1) is 19.7. The number of aromatic amines is 1. The highest BCUT2D eigenvalue weighted by atomic mass is 15.2. The Hall–Kier alpha value is -3.25. The molecule has 1 fully saturated rings. The predicted octanol–water partition coefficient (Wildman–Crippen LogP) is 4.83. The van der Waals surface area contributed by atoms with Gasteiger partial charge in [0.1, 0.15) is 5.82 Å². The van der Waals surface area contributed by atoms with Gasteiger partial charge < -0.3 is 10.2 Å². The van der Waals surface area contributed by atoms with E-state index in [1.165, 1.54) is 23.2 Å². The summed E-state index contributed by atoms with van der Waals surface area (Å²) in [4.78, 5) is 11.5. The Balaban J connectivity index is 1.32. The molecule has 0 bridgehead atoms. The molecule has 1 aliphatic rings. The van der Waals surface area contributed by atoms with Crippen molar-refractivity contribution in [1.82, 2.24) is 25.1 Å². The van der Waals surface area contributed by atoms with Crippen LogP contribution in [-0.4, -0.2) is 44.2 Å². The van der Waals surface area contributed by atoms with Crippen LogP contribution in [0.25, 0.3) is 22.0 Å². The largest absolute Gasteiger partial charge is 0.366 e. The number of fused-ring (bicyclic) bond motifs is 1. The summed E-state index contributed by atoms with van der Waals surface area (Å²) in [5.74, 6) is 1.36. The van der Waals surface area contributed by atoms with Gasteiger partial charge in [0.25, 0.3) is 0 Å². The van der Waals surface area contributed by atoms with Crippen LogP contribution < -0.4 is 5.32 Å². The summed E-state index contributed by atoms with van der Waals surface area (Å²) in [5, 5.41) is 12.3. The van der Waals surface area contributed by atoms with Crippen molar-refractivity contribution in [2.45, 2.75) is 38.8 Å². The summed E-state index contributed by atoms with van der Waals surface area (Å²) in [6.07, 6.45) is 6.81. The van der Waals surface area contributed by atoms with Crippen molar-refractivity contribution in [3.63, 3.8) is 0 Å². The molecule has 0 radical (unpaired) electrons. The van der Waals surface area contributed by atoms with Gasteiger partial charge in [-0.3, -0.25) is 10.1 Å². The normalized spacial score (nSPS) is 16.9. The Bertz CT molecular complexity index is 1180. The number of anilines is 1. The molecule has 6 nitrogen and oxygen atoms in total. The van der Waals surface area contributed by atoms with E-state index in [0.717, 1.165) is 35.4 Å². The second-order valence-electron chi connectivity index (χ2n) is 8.59. The Kier molecular flexibility index (Phi) is 5.38. The zero-order chi connectivity index (χ0) is 21.2. The molecule has 4 heterocycles. The van der Waals surface area contributed by atoms with Gasteiger partial charge >= 0.3 is 0 Å². The zero-order valence-corrected chi connectivity index (χ0v) is 18.0. The molecule has 1 saturated heterocycles. The molecule has 0 amide bonds. The van der Waals surface area contributed by atoms with Gasteiger partial charge in [0.05, 0.1) is 11.7 Å². The van der Waals surface area contributed by atoms with Crippen LogP contribution in [0, 0.1) is 0 Å². The highest BCUT2D eigenvalue weighted by Gasteiger charge is 2.28. The van der Waals surface area contributed by atoms with Crippen LogP contribution >= 0.6 is 0 Å². The molecule has 158 valence electrons. The van der Waals surface area contributed by atoms with Gasteiger partial charge in [0.2, 0.25) is 0 Å². The number of benzene rings is 1. The number of hydrogen-bond donors (Lipinski definition) is 2. The third-order valence-corrected chi connectivity index (χ3v) is 6.24. The molecule has 31 heavy (non-hydrogen) atoms. The second kappa shape index (κ2) is 8.47. The molecule has 0 spiro atoms. The fraction of sp³-hybridized carbons (Fsp3) is 0.320. The number of aromatic nitrogens is 4. The van der Waals surface area contributed by atoms with Crippen LogP contribution in [0.5, 0.6) is 0 Å². The molecular formula is C25H28N6. The number of nitrogens with one attached hydrogen (secondary N) is 2. The molecule has 1 aliphatic heterocycles. The Labute approximate surface area is 182 Å². The summed E-state index contributed by atoms with van der Waals surface area (Å²) in [5.41, 5.74) is 5.78. The first-order chi connectivity index (χ1) is 15.2. The van der Waals surface area contributed by atoms with E-state index in [9.17, 15) is 0 Å². The lowest BCUT2D eigenvalue weighted by Gasteiger charge is -2.20. The highest BCUT2D eigenvalue weighted by molar-refractivity contribution is 5.79. The monoisotopic (exact) mass is 412 g/mol. The van der Waals surface area contributed by atoms with Gasteiger partial charge in [-0.1, -0.05) is 12.1 Å². The van der Waals surface area contributed by atoms with E-state index in [4.69, 9.17) is 0 Å². The summed E-state index contributed by atoms with van der Waals surface area (Å²) >= 11 is 0. The quantitative estimate of drug-likeness (QED) is 0.475. The highest BCUT2D eigenvalue weighted by Crippen LogP contribution is 2.34. The van der Waals surface area contributed by atoms with Crippen molar-refractivity contribution in [3.05, 3.63) is 72.3 Å². The second-order valence-corrected chi connectivity index (χ2v) is 8.59. The van der Waals surface area contributed by atoms with E-state index in [1.54, 1.807) is 0 Å². The lowest BCUT2D eigenvalue weighted by Crippen LogP contribution is -2.28. The average Bonchev–Trinajstić information content (AvgIpc) is 3.47. The topological polar surface area (TPSA) is 69.7 Å². The van der Waals surface area contributed by atoms with Crippen LogP contribution in [-0.2, 0) is 6.54 Å².